The Balaban J connectivity index is 1.39. The maximum atomic E-state index is 12.7. The highest BCUT2D eigenvalue weighted by Crippen LogP contribution is 2.35. The Labute approximate surface area is 188 Å². The molecule has 0 spiro atoms. The van der Waals surface area contributed by atoms with Crippen LogP contribution in [0.2, 0.25) is 0 Å². The lowest BCUT2D eigenvalue weighted by molar-refractivity contribution is -0.126. The fourth-order valence-corrected chi connectivity index (χ4v) is 4.33. The molecule has 4 rings (SSSR count). The van der Waals surface area contributed by atoms with E-state index in [1.54, 1.807) is 20.3 Å². The van der Waals surface area contributed by atoms with Gasteiger partial charge >= 0.3 is 0 Å². The number of piperidine rings is 1. The third kappa shape index (κ3) is 4.59. The van der Waals surface area contributed by atoms with Crippen LogP contribution in [0.4, 0.5) is 0 Å². The van der Waals surface area contributed by atoms with Crippen molar-refractivity contribution in [1.82, 2.24) is 9.88 Å². The summed E-state index contributed by atoms with van der Waals surface area (Å²) in [7, 11) is 3.30. The van der Waals surface area contributed by atoms with Gasteiger partial charge < -0.3 is 24.1 Å². The van der Waals surface area contributed by atoms with E-state index in [2.05, 4.69) is 23.3 Å². The largest absolute Gasteiger partial charge is 0.497 e. The van der Waals surface area contributed by atoms with Gasteiger partial charge in [-0.25, -0.2) is 0 Å². The standard InChI is InChI=1S/C26H30N2O4/c1-4-32-24-9-5-18(15-25(24)31-3)6-10-26(29)28-13-11-19(12-14-28)22-17-27-23-8-7-20(30-2)16-21(22)23/h5-10,15-17,19,27H,4,11-14H2,1-3H3/b10-6+. The molecule has 0 aliphatic carbocycles. The van der Waals surface area contributed by atoms with Crippen LogP contribution in [0.1, 0.15) is 36.8 Å². The van der Waals surface area contributed by atoms with E-state index in [1.807, 2.05) is 42.2 Å². The predicted molar refractivity (Wildman–Crippen MR) is 127 cm³/mol. The van der Waals surface area contributed by atoms with E-state index in [-0.39, 0.29) is 5.91 Å². The summed E-state index contributed by atoms with van der Waals surface area (Å²) in [5.41, 5.74) is 3.33. The number of aromatic amines is 1. The van der Waals surface area contributed by atoms with Crippen LogP contribution in [0.15, 0.2) is 48.7 Å². The van der Waals surface area contributed by atoms with Gasteiger partial charge in [-0.3, -0.25) is 4.79 Å². The lowest BCUT2D eigenvalue weighted by atomic mass is 9.89. The molecular weight excluding hydrogens is 404 g/mol. The molecule has 1 N–H and O–H groups in total. The monoisotopic (exact) mass is 434 g/mol. The molecule has 2 heterocycles. The number of nitrogens with one attached hydrogen (secondary N) is 1. The zero-order chi connectivity index (χ0) is 22.5. The quantitative estimate of drug-likeness (QED) is 0.532. The summed E-state index contributed by atoms with van der Waals surface area (Å²) in [5.74, 6) is 2.70. The number of hydrogen-bond donors (Lipinski definition) is 1. The normalized spacial score (nSPS) is 14.8. The molecule has 32 heavy (non-hydrogen) atoms. The molecule has 0 bridgehead atoms. The van der Waals surface area contributed by atoms with Gasteiger partial charge in [0.05, 0.1) is 20.8 Å². The van der Waals surface area contributed by atoms with Crippen LogP contribution in [0.5, 0.6) is 17.2 Å². The second-order valence-electron chi connectivity index (χ2n) is 7.93. The Morgan fingerprint density at radius 1 is 1.09 bits per heavy atom. The zero-order valence-electron chi connectivity index (χ0n) is 18.9. The van der Waals surface area contributed by atoms with Crippen molar-refractivity contribution >= 4 is 22.9 Å². The van der Waals surface area contributed by atoms with E-state index in [0.717, 1.165) is 42.8 Å². The number of likely N-dealkylation sites (tertiary alicyclic amines) is 1. The molecule has 2 aromatic carbocycles. The summed E-state index contributed by atoms with van der Waals surface area (Å²) in [4.78, 5) is 18.0. The molecule has 1 amide bonds. The number of benzene rings is 2. The first-order chi connectivity index (χ1) is 15.6. The zero-order valence-corrected chi connectivity index (χ0v) is 18.9. The fourth-order valence-electron chi connectivity index (χ4n) is 4.33. The van der Waals surface area contributed by atoms with Crippen LogP contribution in [-0.2, 0) is 4.79 Å². The second-order valence-corrected chi connectivity index (χ2v) is 7.93. The number of hydrogen-bond acceptors (Lipinski definition) is 4. The van der Waals surface area contributed by atoms with Crippen LogP contribution in [0.3, 0.4) is 0 Å². The van der Waals surface area contributed by atoms with Gasteiger partial charge in [0.15, 0.2) is 11.5 Å². The summed E-state index contributed by atoms with van der Waals surface area (Å²) >= 11 is 0. The molecule has 3 aromatic rings. The van der Waals surface area contributed by atoms with Crippen molar-refractivity contribution in [1.29, 1.82) is 0 Å². The van der Waals surface area contributed by atoms with Crippen molar-refractivity contribution in [3.05, 3.63) is 59.8 Å². The number of methoxy groups -OCH3 is 2. The molecule has 0 radical (unpaired) electrons. The Morgan fingerprint density at radius 3 is 2.62 bits per heavy atom. The molecule has 1 aromatic heterocycles. The highest BCUT2D eigenvalue weighted by atomic mass is 16.5. The molecule has 0 unspecified atom stereocenters. The second kappa shape index (κ2) is 9.81. The summed E-state index contributed by atoms with van der Waals surface area (Å²) in [6.45, 7) is 4.00. The predicted octanol–water partition coefficient (Wildman–Crippen LogP) is 5.00. The number of carbonyl (C=O) groups excluding carboxylic acids is 1. The van der Waals surface area contributed by atoms with Crippen LogP contribution >= 0.6 is 0 Å². The minimum atomic E-state index is 0.0388. The molecular formula is C26H30N2O4. The molecule has 1 saturated heterocycles. The molecule has 168 valence electrons. The first kappa shape index (κ1) is 21.8. The third-order valence-corrected chi connectivity index (χ3v) is 6.07. The minimum absolute atomic E-state index is 0.0388. The number of nitrogens with zero attached hydrogens (tertiary/aromatic N) is 1. The van der Waals surface area contributed by atoms with Crippen LogP contribution in [0, 0.1) is 0 Å². The average molecular weight is 435 g/mol. The summed E-state index contributed by atoms with van der Waals surface area (Å²) in [6, 6.07) is 11.8. The Hall–Kier alpha value is -3.41. The van der Waals surface area contributed by atoms with Crippen molar-refractivity contribution in [3.8, 4) is 17.2 Å². The number of amides is 1. The van der Waals surface area contributed by atoms with Crippen molar-refractivity contribution < 1.29 is 19.0 Å². The van der Waals surface area contributed by atoms with Gasteiger partial charge in [0.2, 0.25) is 5.91 Å². The molecule has 1 aliphatic heterocycles. The SMILES string of the molecule is CCOc1ccc(/C=C/C(=O)N2CCC(c3c[nH]c4ccc(OC)cc34)CC2)cc1OC. The summed E-state index contributed by atoms with van der Waals surface area (Å²) in [6.07, 6.45) is 7.47. The molecule has 1 fully saturated rings. The van der Waals surface area contributed by atoms with Crippen LogP contribution in [0.25, 0.3) is 17.0 Å². The maximum absolute atomic E-state index is 12.7. The number of rotatable bonds is 7. The lowest BCUT2D eigenvalue weighted by Gasteiger charge is -2.31. The van der Waals surface area contributed by atoms with Gasteiger partial charge in [-0.1, -0.05) is 6.07 Å². The number of aromatic nitrogens is 1. The van der Waals surface area contributed by atoms with Gasteiger partial charge in [-0.15, -0.1) is 0 Å². The van der Waals surface area contributed by atoms with Gasteiger partial charge in [-0.2, -0.15) is 0 Å². The molecule has 1 aliphatic rings. The highest BCUT2D eigenvalue weighted by Gasteiger charge is 2.24. The van der Waals surface area contributed by atoms with Gasteiger partial charge in [-0.05, 0) is 73.2 Å². The number of ether oxygens (including phenoxy) is 3. The van der Waals surface area contributed by atoms with Crippen molar-refractivity contribution in [2.75, 3.05) is 33.9 Å². The fraction of sp³-hybridized carbons (Fsp3) is 0.346. The first-order valence-corrected chi connectivity index (χ1v) is 11.1. The summed E-state index contributed by atoms with van der Waals surface area (Å²) in [5, 5.41) is 1.21. The first-order valence-electron chi connectivity index (χ1n) is 11.1. The van der Waals surface area contributed by atoms with Crippen molar-refractivity contribution in [3.63, 3.8) is 0 Å². The van der Waals surface area contributed by atoms with Gasteiger partial charge in [0.25, 0.3) is 0 Å². The van der Waals surface area contributed by atoms with Crippen LogP contribution in [-0.4, -0.2) is 49.7 Å². The number of H-pyrrole nitrogens is 1. The van der Waals surface area contributed by atoms with E-state index < -0.39 is 0 Å². The van der Waals surface area contributed by atoms with E-state index in [9.17, 15) is 4.79 Å². The molecule has 0 atom stereocenters. The molecule has 6 nitrogen and oxygen atoms in total. The number of fused-ring (bicyclic) bond motifs is 1. The highest BCUT2D eigenvalue weighted by molar-refractivity contribution is 5.92. The topological polar surface area (TPSA) is 63.8 Å². The van der Waals surface area contributed by atoms with E-state index in [4.69, 9.17) is 14.2 Å². The lowest BCUT2D eigenvalue weighted by Crippen LogP contribution is -2.36. The Bertz CT molecular complexity index is 1110. The van der Waals surface area contributed by atoms with E-state index >= 15 is 0 Å². The van der Waals surface area contributed by atoms with E-state index in [1.165, 1.54) is 10.9 Å². The average Bonchev–Trinajstić information content (AvgIpc) is 3.26. The van der Waals surface area contributed by atoms with Crippen LogP contribution < -0.4 is 14.2 Å². The third-order valence-electron chi connectivity index (χ3n) is 6.07. The van der Waals surface area contributed by atoms with E-state index in [0.29, 0.717) is 24.0 Å². The van der Waals surface area contributed by atoms with Gasteiger partial charge in [0, 0.05) is 36.3 Å². The Morgan fingerprint density at radius 2 is 1.91 bits per heavy atom. The Kier molecular flexibility index (Phi) is 6.69. The number of carbonyl (C=O) groups is 1. The van der Waals surface area contributed by atoms with Crippen molar-refractivity contribution in [2.24, 2.45) is 0 Å². The van der Waals surface area contributed by atoms with Crippen molar-refractivity contribution in [2.45, 2.75) is 25.7 Å². The minimum Gasteiger partial charge on any atom is -0.497 e. The molecule has 6 heteroatoms. The molecule has 0 saturated carbocycles. The smallest absolute Gasteiger partial charge is 0.246 e. The summed E-state index contributed by atoms with van der Waals surface area (Å²) < 4.78 is 16.3. The maximum Gasteiger partial charge on any atom is 0.246 e. The van der Waals surface area contributed by atoms with Gasteiger partial charge in [0.1, 0.15) is 5.75 Å².